The molecule has 2 rings (SSSR count). The highest BCUT2D eigenvalue weighted by Gasteiger charge is 2.25. The first-order valence-electron chi connectivity index (χ1n) is 10.2. The first-order chi connectivity index (χ1) is 13.8. The molecule has 0 aliphatic heterocycles. The maximum Gasteiger partial charge on any atom is 0.242 e. The molecule has 1 N–H and O–H groups in total. The molecule has 5 heteroatoms. The van der Waals surface area contributed by atoms with Gasteiger partial charge < -0.3 is 10.2 Å². The Kier molecular flexibility index (Phi) is 8.71. The summed E-state index contributed by atoms with van der Waals surface area (Å²) < 4.78 is 0. The average Bonchev–Trinajstić information content (AvgIpc) is 2.70. The second kappa shape index (κ2) is 11.0. The van der Waals surface area contributed by atoms with E-state index in [1.807, 2.05) is 25.1 Å². The van der Waals surface area contributed by atoms with Crippen molar-refractivity contribution in [2.24, 2.45) is 0 Å². The third kappa shape index (κ3) is 6.90. The molecule has 2 aromatic rings. The highest BCUT2D eigenvalue weighted by atomic mass is 35.5. The number of amides is 2. The van der Waals surface area contributed by atoms with Gasteiger partial charge in [0.1, 0.15) is 6.04 Å². The molecule has 0 radical (unpaired) electrons. The quantitative estimate of drug-likeness (QED) is 0.631. The second-order valence-electron chi connectivity index (χ2n) is 7.62. The van der Waals surface area contributed by atoms with Crippen LogP contribution >= 0.6 is 11.6 Å². The first-order valence-corrected chi connectivity index (χ1v) is 10.6. The molecule has 0 aromatic heterocycles. The van der Waals surface area contributed by atoms with Gasteiger partial charge in [-0.2, -0.15) is 0 Å². The van der Waals surface area contributed by atoms with Crippen LogP contribution in [0.2, 0.25) is 5.02 Å². The summed E-state index contributed by atoms with van der Waals surface area (Å²) in [5.74, 6) is 0.289. The summed E-state index contributed by atoms with van der Waals surface area (Å²) in [5, 5.41) is 3.43. The van der Waals surface area contributed by atoms with Gasteiger partial charge in [0.15, 0.2) is 0 Å². The Morgan fingerprint density at radius 2 is 1.72 bits per heavy atom. The van der Waals surface area contributed by atoms with E-state index in [0.717, 1.165) is 11.1 Å². The van der Waals surface area contributed by atoms with Gasteiger partial charge in [-0.05, 0) is 55.0 Å². The highest BCUT2D eigenvalue weighted by molar-refractivity contribution is 6.30. The fraction of sp³-hybridized carbons (Fsp3) is 0.417. The molecular formula is C24H31ClN2O2. The fourth-order valence-corrected chi connectivity index (χ4v) is 3.41. The molecule has 0 aliphatic carbocycles. The molecule has 0 spiro atoms. The number of likely N-dealkylation sites (N-methyl/N-ethyl adjacent to an activating group) is 1. The van der Waals surface area contributed by atoms with Crippen LogP contribution in [0.5, 0.6) is 0 Å². The van der Waals surface area contributed by atoms with Gasteiger partial charge in [-0.3, -0.25) is 9.59 Å². The molecule has 4 nitrogen and oxygen atoms in total. The Morgan fingerprint density at radius 1 is 1.03 bits per heavy atom. The van der Waals surface area contributed by atoms with Gasteiger partial charge in [0.2, 0.25) is 11.8 Å². The lowest BCUT2D eigenvalue weighted by Gasteiger charge is -2.29. The van der Waals surface area contributed by atoms with Crippen LogP contribution in [-0.4, -0.2) is 29.3 Å². The zero-order valence-corrected chi connectivity index (χ0v) is 18.5. The summed E-state index contributed by atoms with van der Waals surface area (Å²) in [4.78, 5) is 27.1. The molecule has 0 unspecified atom stereocenters. The smallest absolute Gasteiger partial charge is 0.242 e. The molecule has 2 aromatic carbocycles. The maximum absolute atomic E-state index is 13.0. The SMILES string of the molecule is CCNC(=O)[C@H](C)N(Cc1cccc(Cl)c1)C(=O)CCc1ccc(C(C)C)cc1. The minimum absolute atomic E-state index is 0.0448. The molecule has 2 amide bonds. The predicted octanol–water partition coefficient (Wildman–Crippen LogP) is 4.95. The lowest BCUT2D eigenvalue weighted by molar-refractivity contribution is -0.140. The maximum atomic E-state index is 13.0. The molecule has 0 saturated heterocycles. The van der Waals surface area contributed by atoms with E-state index < -0.39 is 6.04 Å². The van der Waals surface area contributed by atoms with E-state index in [2.05, 4.69) is 43.4 Å². The zero-order valence-electron chi connectivity index (χ0n) is 17.7. The van der Waals surface area contributed by atoms with Crippen molar-refractivity contribution in [3.05, 3.63) is 70.2 Å². The van der Waals surface area contributed by atoms with E-state index in [1.54, 1.807) is 17.9 Å². The van der Waals surface area contributed by atoms with Crippen molar-refractivity contribution >= 4 is 23.4 Å². The zero-order chi connectivity index (χ0) is 21.4. The van der Waals surface area contributed by atoms with Crippen LogP contribution in [0, 0.1) is 0 Å². The Labute approximate surface area is 179 Å². The van der Waals surface area contributed by atoms with Crippen molar-refractivity contribution in [1.29, 1.82) is 0 Å². The normalized spacial score (nSPS) is 11.9. The largest absolute Gasteiger partial charge is 0.355 e. The van der Waals surface area contributed by atoms with Crippen LogP contribution in [-0.2, 0) is 22.6 Å². The fourth-order valence-electron chi connectivity index (χ4n) is 3.20. The van der Waals surface area contributed by atoms with Gasteiger partial charge in [-0.1, -0.05) is 61.8 Å². The second-order valence-corrected chi connectivity index (χ2v) is 8.05. The summed E-state index contributed by atoms with van der Waals surface area (Å²) in [7, 11) is 0. The molecule has 156 valence electrons. The molecular weight excluding hydrogens is 384 g/mol. The number of carbonyl (C=O) groups excluding carboxylic acids is 2. The summed E-state index contributed by atoms with van der Waals surface area (Å²) in [6, 6.07) is 15.2. The van der Waals surface area contributed by atoms with E-state index in [9.17, 15) is 9.59 Å². The Bertz CT molecular complexity index is 818. The molecule has 0 aliphatic rings. The van der Waals surface area contributed by atoms with Crippen molar-refractivity contribution in [3.8, 4) is 0 Å². The van der Waals surface area contributed by atoms with Crippen molar-refractivity contribution in [1.82, 2.24) is 10.2 Å². The van der Waals surface area contributed by atoms with Gasteiger partial charge in [-0.15, -0.1) is 0 Å². The number of carbonyl (C=O) groups is 2. The van der Waals surface area contributed by atoms with E-state index in [-0.39, 0.29) is 11.8 Å². The van der Waals surface area contributed by atoms with Crippen LogP contribution < -0.4 is 5.32 Å². The van der Waals surface area contributed by atoms with Gasteiger partial charge in [-0.25, -0.2) is 0 Å². The van der Waals surface area contributed by atoms with Crippen molar-refractivity contribution < 1.29 is 9.59 Å². The highest BCUT2D eigenvalue weighted by Crippen LogP contribution is 2.18. The molecule has 1 atom stereocenters. The summed E-state index contributed by atoms with van der Waals surface area (Å²) in [6.45, 7) is 8.85. The summed E-state index contributed by atoms with van der Waals surface area (Å²) >= 11 is 6.09. The van der Waals surface area contributed by atoms with Crippen LogP contribution in [0.3, 0.4) is 0 Å². The van der Waals surface area contributed by atoms with Gasteiger partial charge in [0.25, 0.3) is 0 Å². The van der Waals surface area contributed by atoms with Crippen molar-refractivity contribution in [2.45, 2.75) is 59.0 Å². The molecule has 0 saturated carbocycles. The predicted molar refractivity (Wildman–Crippen MR) is 119 cm³/mol. The number of aryl methyl sites for hydroxylation is 1. The van der Waals surface area contributed by atoms with Crippen LogP contribution in [0.15, 0.2) is 48.5 Å². The van der Waals surface area contributed by atoms with E-state index >= 15 is 0 Å². The Hall–Kier alpha value is -2.33. The minimum Gasteiger partial charge on any atom is -0.355 e. The number of rotatable bonds is 9. The molecule has 0 bridgehead atoms. The monoisotopic (exact) mass is 414 g/mol. The number of benzene rings is 2. The van der Waals surface area contributed by atoms with Gasteiger partial charge in [0.05, 0.1) is 0 Å². The Balaban J connectivity index is 2.11. The molecule has 0 fully saturated rings. The number of halogens is 1. The van der Waals surface area contributed by atoms with Gasteiger partial charge >= 0.3 is 0 Å². The average molecular weight is 415 g/mol. The lowest BCUT2D eigenvalue weighted by atomic mass is 10.00. The third-order valence-electron chi connectivity index (χ3n) is 5.03. The summed E-state index contributed by atoms with van der Waals surface area (Å²) in [6.07, 6.45) is 0.997. The van der Waals surface area contributed by atoms with Crippen LogP contribution in [0.25, 0.3) is 0 Å². The lowest BCUT2D eigenvalue weighted by Crippen LogP contribution is -2.47. The number of hydrogen-bond acceptors (Lipinski definition) is 2. The van der Waals surface area contributed by atoms with Crippen molar-refractivity contribution in [3.63, 3.8) is 0 Å². The first kappa shape index (κ1) is 23.0. The third-order valence-corrected chi connectivity index (χ3v) is 5.27. The number of hydrogen-bond donors (Lipinski definition) is 1. The topological polar surface area (TPSA) is 49.4 Å². The van der Waals surface area contributed by atoms with Gasteiger partial charge in [0, 0.05) is 24.5 Å². The van der Waals surface area contributed by atoms with E-state index in [1.165, 1.54) is 5.56 Å². The summed E-state index contributed by atoms with van der Waals surface area (Å²) in [5.41, 5.74) is 3.31. The standard InChI is InChI=1S/C24H31ClN2O2/c1-5-26-24(29)18(4)27(16-20-7-6-8-22(25)15-20)23(28)14-11-19-9-12-21(13-10-19)17(2)3/h6-10,12-13,15,17-18H,5,11,14,16H2,1-4H3,(H,26,29)/t18-/m0/s1. The van der Waals surface area contributed by atoms with Crippen LogP contribution in [0.1, 0.15) is 56.7 Å². The van der Waals surface area contributed by atoms with Crippen LogP contribution in [0.4, 0.5) is 0 Å². The minimum atomic E-state index is -0.551. The number of nitrogens with zero attached hydrogens (tertiary/aromatic N) is 1. The van der Waals surface area contributed by atoms with E-state index in [0.29, 0.717) is 36.9 Å². The van der Waals surface area contributed by atoms with Crippen molar-refractivity contribution in [2.75, 3.05) is 6.54 Å². The number of nitrogens with one attached hydrogen (secondary N) is 1. The molecule has 29 heavy (non-hydrogen) atoms. The van der Waals surface area contributed by atoms with E-state index in [4.69, 9.17) is 11.6 Å². The Morgan fingerprint density at radius 3 is 2.31 bits per heavy atom. The molecule has 0 heterocycles.